The van der Waals surface area contributed by atoms with Crippen molar-refractivity contribution in [1.29, 1.82) is 0 Å². The van der Waals surface area contributed by atoms with Gasteiger partial charge in [-0.15, -0.1) is 0 Å². The third-order valence-corrected chi connectivity index (χ3v) is 5.88. The zero-order chi connectivity index (χ0) is 25.1. The molecule has 0 saturated carbocycles. The molecule has 0 bridgehead atoms. The van der Waals surface area contributed by atoms with Gasteiger partial charge >= 0.3 is 0 Å². The van der Waals surface area contributed by atoms with E-state index in [1.54, 1.807) is 13.0 Å². The van der Waals surface area contributed by atoms with Gasteiger partial charge in [0.25, 0.3) is 0 Å². The Morgan fingerprint density at radius 3 is 2.06 bits per heavy atom. The highest BCUT2D eigenvalue weighted by atomic mass is 19.2. The van der Waals surface area contributed by atoms with Crippen LogP contribution < -0.4 is 0 Å². The summed E-state index contributed by atoms with van der Waals surface area (Å²) in [5.74, 6) is 0.185. The number of benzene rings is 3. The Morgan fingerprint density at radius 2 is 1.43 bits per heavy atom. The Labute approximate surface area is 200 Å². The molecule has 7 heteroatoms. The summed E-state index contributed by atoms with van der Waals surface area (Å²) >= 11 is 0. The lowest BCUT2D eigenvalue weighted by atomic mass is 9.96. The van der Waals surface area contributed by atoms with Gasteiger partial charge in [0.1, 0.15) is 11.6 Å². The van der Waals surface area contributed by atoms with Crippen molar-refractivity contribution in [2.24, 2.45) is 5.92 Å². The molecule has 0 spiro atoms. The molecule has 1 aliphatic rings. The summed E-state index contributed by atoms with van der Waals surface area (Å²) in [4.78, 5) is 0. The highest BCUT2D eigenvalue weighted by Crippen LogP contribution is 2.32. The zero-order valence-electron chi connectivity index (χ0n) is 19.2. The fraction of sp³-hybridized carbons (Fsp3) is 0.286. The molecular formula is C28H23F5O2. The van der Waals surface area contributed by atoms with Crippen molar-refractivity contribution in [3.05, 3.63) is 82.7 Å². The molecule has 0 N–H and O–H groups in total. The van der Waals surface area contributed by atoms with Crippen molar-refractivity contribution >= 4 is 0 Å². The molecule has 1 saturated heterocycles. The smallest absolute Gasteiger partial charge is 0.222 e. The van der Waals surface area contributed by atoms with Crippen LogP contribution in [0.1, 0.15) is 30.9 Å². The molecule has 4 rings (SSSR count). The Bertz CT molecular complexity index is 1280. The van der Waals surface area contributed by atoms with Gasteiger partial charge in [0.2, 0.25) is 6.29 Å². The van der Waals surface area contributed by atoms with Crippen molar-refractivity contribution in [1.82, 2.24) is 0 Å². The summed E-state index contributed by atoms with van der Waals surface area (Å²) in [6.07, 6.45) is 1.40. The number of ether oxygens (including phenoxy) is 2. The van der Waals surface area contributed by atoms with Crippen LogP contribution in [0.5, 0.6) is 0 Å². The molecule has 3 aromatic carbocycles. The van der Waals surface area contributed by atoms with E-state index in [0.717, 1.165) is 18.9 Å². The van der Waals surface area contributed by atoms with Gasteiger partial charge < -0.3 is 9.47 Å². The molecule has 0 atom stereocenters. The van der Waals surface area contributed by atoms with Crippen LogP contribution in [0.3, 0.4) is 0 Å². The number of rotatable bonds is 4. The lowest BCUT2D eigenvalue weighted by Gasteiger charge is -2.26. The molecule has 182 valence electrons. The molecule has 0 radical (unpaired) electrons. The van der Waals surface area contributed by atoms with E-state index in [0.29, 0.717) is 42.4 Å². The Kier molecular flexibility index (Phi) is 7.54. The predicted octanol–water partition coefficient (Wildman–Crippen LogP) is 7.17. The van der Waals surface area contributed by atoms with Crippen LogP contribution in [0.15, 0.2) is 42.5 Å². The van der Waals surface area contributed by atoms with Crippen LogP contribution >= 0.6 is 0 Å². The molecule has 0 aromatic heterocycles. The highest BCUT2D eigenvalue weighted by Gasteiger charge is 2.20. The van der Waals surface area contributed by atoms with Gasteiger partial charge in [-0.3, -0.25) is 0 Å². The summed E-state index contributed by atoms with van der Waals surface area (Å²) in [7, 11) is 0. The third-order valence-electron chi connectivity index (χ3n) is 5.88. The van der Waals surface area contributed by atoms with E-state index in [9.17, 15) is 22.0 Å². The molecule has 1 aliphatic heterocycles. The minimum Gasteiger partial charge on any atom is -0.342 e. The second-order valence-corrected chi connectivity index (χ2v) is 8.52. The highest BCUT2D eigenvalue weighted by molar-refractivity contribution is 5.72. The first kappa shape index (κ1) is 24.9. The van der Waals surface area contributed by atoms with E-state index in [-0.39, 0.29) is 22.3 Å². The second-order valence-electron chi connectivity index (χ2n) is 8.52. The van der Waals surface area contributed by atoms with Crippen LogP contribution in [0.4, 0.5) is 22.0 Å². The molecule has 0 unspecified atom stereocenters. The van der Waals surface area contributed by atoms with Gasteiger partial charge in [-0.1, -0.05) is 31.4 Å². The van der Waals surface area contributed by atoms with E-state index in [2.05, 4.69) is 18.8 Å². The average Bonchev–Trinajstić information content (AvgIpc) is 2.83. The van der Waals surface area contributed by atoms with E-state index < -0.39 is 35.4 Å². The predicted molar refractivity (Wildman–Crippen MR) is 123 cm³/mol. The fourth-order valence-electron chi connectivity index (χ4n) is 4.00. The summed E-state index contributed by atoms with van der Waals surface area (Å²) < 4.78 is 81.3. The first-order chi connectivity index (χ1) is 16.8. The maximum absolute atomic E-state index is 14.9. The van der Waals surface area contributed by atoms with Crippen molar-refractivity contribution in [2.75, 3.05) is 13.2 Å². The van der Waals surface area contributed by atoms with E-state index in [1.807, 2.05) is 0 Å². The second kappa shape index (κ2) is 10.6. The largest absolute Gasteiger partial charge is 0.342 e. The van der Waals surface area contributed by atoms with Gasteiger partial charge in [0.15, 0.2) is 17.5 Å². The number of hydrogen-bond acceptors (Lipinski definition) is 2. The van der Waals surface area contributed by atoms with Crippen LogP contribution in [-0.4, -0.2) is 19.5 Å². The lowest BCUT2D eigenvalue weighted by molar-refractivity contribution is -0.170. The Balaban J connectivity index is 1.56. The number of halogens is 5. The van der Waals surface area contributed by atoms with Crippen LogP contribution in [-0.2, 0) is 9.47 Å². The van der Waals surface area contributed by atoms with Crippen LogP contribution in [0.25, 0.3) is 22.3 Å². The lowest BCUT2D eigenvalue weighted by Crippen LogP contribution is -2.31. The summed E-state index contributed by atoms with van der Waals surface area (Å²) in [5.41, 5.74) is 1.18. The third kappa shape index (κ3) is 5.55. The van der Waals surface area contributed by atoms with E-state index in [4.69, 9.17) is 9.47 Å². The van der Waals surface area contributed by atoms with Crippen molar-refractivity contribution in [3.8, 4) is 34.1 Å². The topological polar surface area (TPSA) is 18.5 Å². The van der Waals surface area contributed by atoms with Crippen LogP contribution in [0.2, 0.25) is 0 Å². The van der Waals surface area contributed by atoms with E-state index in [1.165, 1.54) is 18.2 Å². The molecule has 1 fully saturated rings. The molecule has 2 nitrogen and oxygen atoms in total. The maximum Gasteiger partial charge on any atom is 0.222 e. The van der Waals surface area contributed by atoms with Crippen LogP contribution in [0, 0.1) is 53.8 Å². The summed E-state index contributed by atoms with van der Waals surface area (Å²) in [5, 5.41) is 0. The quantitative estimate of drug-likeness (QED) is 0.221. The number of aryl methyl sites for hydroxylation is 1. The normalized spacial score (nSPS) is 17.7. The minimum atomic E-state index is -1.63. The Hall–Kier alpha value is -3.21. The Morgan fingerprint density at radius 1 is 0.800 bits per heavy atom. The van der Waals surface area contributed by atoms with Crippen molar-refractivity contribution < 1.29 is 31.4 Å². The first-order valence-electron chi connectivity index (χ1n) is 11.3. The first-order valence-corrected chi connectivity index (χ1v) is 11.3. The SMILES string of the molecule is CCCC1COC(C#Cc2cc(F)c(-c3ccc(-c4cc(F)c(F)c(F)c4)c(F)c3)cc2C)OC1. The molecule has 0 amide bonds. The summed E-state index contributed by atoms with van der Waals surface area (Å²) in [6.45, 7) is 4.99. The summed E-state index contributed by atoms with van der Waals surface area (Å²) in [6, 6.07) is 7.98. The molecule has 0 aliphatic carbocycles. The molecule has 35 heavy (non-hydrogen) atoms. The van der Waals surface area contributed by atoms with Gasteiger partial charge in [0, 0.05) is 22.6 Å². The fourth-order valence-corrected chi connectivity index (χ4v) is 4.00. The molecule has 1 heterocycles. The monoisotopic (exact) mass is 486 g/mol. The van der Waals surface area contributed by atoms with Gasteiger partial charge in [-0.25, -0.2) is 22.0 Å². The van der Waals surface area contributed by atoms with E-state index >= 15 is 0 Å². The van der Waals surface area contributed by atoms with Gasteiger partial charge in [-0.2, -0.15) is 0 Å². The maximum atomic E-state index is 14.9. The average molecular weight is 486 g/mol. The zero-order valence-corrected chi connectivity index (χ0v) is 19.2. The van der Waals surface area contributed by atoms with Crippen molar-refractivity contribution in [2.45, 2.75) is 33.0 Å². The van der Waals surface area contributed by atoms with Gasteiger partial charge in [0.05, 0.1) is 13.2 Å². The molecule has 3 aromatic rings. The standard InChI is InChI=1S/C28H23F5O2/c1-3-4-17-14-34-27(35-15-17)8-6-18-10-24(30)22(9-16(18)2)19-5-7-21(23(29)11-19)20-12-25(31)28(33)26(32)13-20/h5,7,9-13,17,27H,3-4,14-15H2,1-2H3. The van der Waals surface area contributed by atoms with Crippen molar-refractivity contribution in [3.63, 3.8) is 0 Å². The minimum absolute atomic E-state index is 0.139. The number of hydrogen-bond donors (Lipinski definition) is 0. The molecular weight excluding hydrogens is 463 g/mol. The van der Waals surface area contributed by atoms with Gasteiger partial charge in [-0.05, 0) is 66.3 Å².